The van der Waals surface area contributed by atoms with Crippen molar-refractivity contribution in [2.24, 2.45) is 9.98 Å². The molecule has 1 unspecified atom stereocenters. The van der Waals surface area contributed by atoms with Crippen LogP contribution < -0.4 is 0 Å². The monoisotopic (exact) mass is 576 g/mol. The molecule has 44 heavy (non-hydrogen) atoms. The quantitative estimate of drug-likeness (QED) is 0.198. The smallest absolute Gasteiger partial charge is 0.124 e. The van der Waals surface area contributed by atoms with E-state index in [1.807, 2.05) is 48.5 Å². The van der Waals surface area contributed by atoms with Crippen LogP contribution in [0.3, 0.4) is 0 Å². The molecule has 5 aromatic carbocycles. The zero-order valence-electron chi connectivity index (χ0n) is 25.6. The van der Waals surface area contributed by atoms with E-state index in [1.165, 1.54) is 33.4 Å². The van der Waals surface area contributed by atoms with E-state index in [4.69, 9.17) is 9.98 Å². The SMILES string of the molecule is CCCC1(C)c2ccccc2-c2cc(O)c(/C=N/c3ccccc3/N=C/c3cc4c(cc3O)-c3ccccc3C4(C)C)cc21. The minimum absolute atomic E-state index is 0.118. The number of hydrogen-bond acceptors (Lipinski definition) is 4. The molecule has 5 aromatic rings. The Morgan fingerprint density at radius 3 is 1.64 bits per heavy atom. The number of phenolic OH excluding ortho intramolecular Hbond substituents is 2. The molecule has 0 spiro atoms. The summed E-state index contributed by atoms with van der Waals surface area (Å²) in [7, 11) is 0. The summed E-state index contributed by atoms with van der Waals surface area (Å²) in [6.45, 7) is 8.96. The zero-order chi connectivity index (χ0) is 30.6. The summed E-state index contributed by atoms with van der Waals surface area (Å²) in [5.74, 6) is 0.399. The van der Waals surface area contributed by atoms with Crippen molar-refractivity contribution in [3.05, 3.63) is 130 Å². The standard InChI is InChI=1S/C40H36N2O2/c1-5-18-40(4)32-15-9-7-13-28(32)30-22-38(44)26(20-34(30)40)24-42-36-17-11-10-16-35(36)41-23-25-19-33-29(21-37(25)43)27-12-6-8-14-31(27)39(33,2)3/h6-17,19-24,43-44H,5,18H2,1-4H3/b41-23+,42-24+. The maximum atomic E-state index is 11.1. The maximum Gasteiger partial charge on any atom is 0.124 e. The summed E-state index contributed by atoms with van der Waals surface area (Å²) in [5, 5.41) is 22.0. The van der Waals surface area contributed by atoms with Gasteiger partial charge in [-0.3, -0.25) is 9.98 Å². The van der Waals surface area contributed by atoms with Crippen LogP contribution >= 0.6 is 0 Å². The summed E-state index contributed by atoms with van der Waals surface area (Å²) < 4.78 is 0. The van der Waals surface area contributed by atoms with E-state index < -0.39 is 0 Å². The van der Waals surface area contributed by atoms with Gasteiger partial charge in [0.05, 0.1) is 11.4 Å². The Morgan fingerprint density at radius 1 is 0.568 bits per heavy atom. The molecule has 0 bridgehead atoms. The highest BCUT2D eigenvalue weighted by atomic mass is 16.3. The van der Waals surface area contributed by atoms with Crippen LogP contribution in [0.2, 0.25) is 0 Å². The zero-order valence-corrected chi connectivity index (χ0v) is 25.6. The molecule has 0 saturated heterocycles. The molecule has 0 radical (unpaired) electrons. The number of benzene rings is 5. The summed E-state index contributed by atoms with van der Waals surface area (Å²) in [6, 6.07) is 32.5. The number of fused-ring (bicyclic) bond motifs is 6. The molecule has 2 aliphatic rings. The Morgan fingerprint density at radius 2 is 1.05 bits per heavy atom. The van der Waals surface area contributed by atoms with Gasteiger partial charge in [-0.05, 0) is 87.3 Å². The van der Waals surface area contributed by atoms with Gasteiger partial charge in [0.2, 0.25) is 0 Å². The van der Waals surface area contributed by atoms with Crippen LogP contribution in [0.15, 0.2) is 107 Å². The lowest BCUT2D eigenvalue weighted by Crippen LogP contribution is -2.20. The van der Waals surface area contributed by atoms with Gasteiger partial charge in [0.15, 0.2) is 0 Å². The van der Waals surface area contributed by atoms with Gasteiger partial charge in [0.1, 0.15) is 11.5 Å². The topological polar surface area (TPSA) is 65.2 Å². The van der Waals surface area contributed by atoms with Gasteiger partial charge in [0.25, 0.3) is 0 Å². The summed E-state index contributed by atoms with van der Waals surface area (Å²) in [4.78, 5) is 9.55. The van der Waals surface area contributed by atoms with Crippen molar-refractivity contribution in [1.82, 2.24) is 0 Å². The van der Waals surface area contributed by atoms with Crippen LogP contribution in [0, 0.1) is 0 Å². The number of aliphatic imine (C=N–C) groups is 2. The fourth-order valence-electron chi connectivity index (χ4n) is 7.32. The maximum absolute atomic E-state index is 11.1. The molecule has 1 atom stereocenters. The molecule has 0 heterocycles. The lowest BCUT2D eigenvalue weighted by molar-refractivity contribution is 0.473. The Bertz CT molecular complexity index is 2000. The highest BCUT2D eigenvalue weighted by Gasteiger charge is 2.39. The molecule has 0 saturated carbocycles. The second-order valence-electron chi connectivity index (χ2n) is 12.7. The van der Waals surface area contributed by atoms with Gasteiger partial charge in [-0.25, -0.2) is 0 Å². The van der Waals surface area contributed by atoms with Crippen molar-refractivity contribution >= 4 is 23.8 Å². The highest BCUT2D eigenvalue weighted by Crippen LogP contribution is 2.53. The van der Waals surface area contributed by atoms with E-state index in [2.05, 4.69) is 76.2 Å². The van der Waals surface area contributed by atoms with Gasteiger partial charge in [-0.2, -0.15) is 0 Å². The number of nitrogens with zero attached hydrogens (tertiary/aromatic N) is 2. The van der Waals surface area contributed by atoms with Crippen LogP contribution in [-0.4, -0.2) is 22.6 Å². The van der Waals surface area contributed by atoms with Crippen LogP contribution in [0.4, 0.5) is 11.4 Å². The van der Waals surface area contributed by atoms with Gasteiger partial charge < -0.3 is 10.2 Å². The van der Waals surface area contributed by atoms with Crippen molar-refractivity contribution in [3.8, 4) is 33.8 Å². The molecule has 0 fully saturated rings. The first kappa shape index (κ1) is 27.8. The van der Waals surface area contributed by atoms with Crippen molar-refractivity contribution in [2.45, 2.75) is 51.4 Å². The summed E-state index contributed by atoms with van der Waals surface area (Å²) in [5.41, 5.74) is 11.9. The van der Waals surface area contributed by atoms with Crippen molar-refractivity contribution in [2.75, 3.05) is 0 Å². The second-order valence-corrected chi connectivity index (χ2v) is 12.7. The second kappa shape index (κ2) is 10.3. The molecule has 4 heteroatoms. The first-order valence-corrected chi connectivity index (χ1v) is 15.3. The Balaban J connectivity index is 1.22. The van der Waals surface area contributed by atoms with E-state index >= 15 is 0 Å². The largest absolute Gasteiger partial charge is 0.507 e. The molecule has 7 rings (SSSR count). The number of hydrogen-bond donors (Lipinski definition) is 2. The van der Waals surface area contributed by atoms with Gasteiger partial charge in [-0.1, -0.05) is 94.8 Å². The average molecular weight is 577 g/mol. The lowest BCUT2D eigenvalue weighted by Gasteiger charge is -2.27. The molecule has 218 valence electrons. The van der Waals surface area contributed by atoms with Gasteiger partial charge in [-0.15, -0.1) is 0 Å². The molecule has 2 N–H and O–H groups in total. The Kier molecular flexibility index (Phi) is 6.55. The van der Waals surface area contributed by atoms with Crippen LogP contribution in [-0.2, 0) is 10.8 Å². The van der Waals surface area contributed by atoms with Crippen LogP contribution in [0.1, 0.15) is 73.9 Å². The van der Waals surface area contributed by atoms with Crippen molar-refractivity contribution in [3.63, 3.8) is 0 Å². The van der Waals surface area contributed by atoms with Gasteiger partial charge in [0, 0.05) is 34.4 Å². The van der Waals surface area contributed by atoms with E-state index in [0.717, 1.165) is 24.0 Å². The normalized spacial score (nSPS) is 17.5. The Labute approximate surface area is 259 Å². The minimum atomic E-state index is -0.170. The van der Waals surface area contributed by atoms with E-state index in [-0.39, 0.29) is 22.3 Å². The lowest BCUT2D eigenvalue weighted by atomic mass is 9.76. The first-order valence-electron chi connectivity index (χ1n) is 15.3. The molecule has 2 aliphatic carbocycles. The van der Waals surface area contributed by atoms with E-state index in [1.54, 1.807) is 12.4 Å². The fraction of sp³-hybridized carbons (Fsp3) is 0.200. The summed E-state index contributed by atoms with van der Waals surface area (Å²) >= 11 is 0. The molecular weight excluding hydrogens is 540 g/mol. The van der Waals surface area contributed by atoms with E-state index in [9.17, 15) is 10.2 Å². The third-order valence-corrected chi connectivity index (χ3v) is 9.62. The highest BCUT2D eigenvalue weighted by molar-refractivity contribution is 5.94. The third-order valence-electron chi connectivity index (χ3n) is 9.62. The van der Waals surface area contributed by atoms with Crippen molar-refractivity contribution in [1.29, 1.82) is 0 Å². The van der Waals surface area contributed by atoms with Crippen LogP contribution in [0.25, 0.3) is 22.3 Å². The van der Waals surface area contributed by atoms with Gasteiger partial charge >= 0.3 is 0 Å². The van der Waals surface area contributed by atoms with E-state index in [0.29, 0.717) is 22.5 Å². The molecule has 0 aromatic heterocycles. The fourth-order valence-corrected chi connectivity index (χ4v) is 7.32. The number of para-hydroxylation sites is 2. The first-order chi connectivity index (χ1) is 21.2. The molecular formula is C40H36N2O2. The average Bonchev–Trinajstić information content (AvgIpc) is 3.39. The number of aromatic hydroxyl groups is 2. The summed E-state index contributed by atoms with van der Waals surface area (Å²) in [6.07, 6.45) is 5.52. The molecule has 0 amide bonds. The Hall–Kier alpha value is -4.96. The number of rotatable bonds is 6. The molecule has 4 nitrogen and oxygen atoms in total. The van der Waals surface area contributed by atoms with Crippen LogP contribution in [0.5, 0.6) is 11.5 Å². The van der Waals surface area contributed by atoms with Crippen molar-refractivity contribution < 1.29 is 10.2 Å². The minimum Gasteiger partial charge on any atom is -0.507 e. The molecule has 0 aliphatic heterocycles. The number of phenols is 2. The third kappa shape index (κ3) is 4.28. The predicted molar refractivity (Wildman–Crippen MR) is 182 cm³/mol. The predicted octanol–water partition coefficient (Wildman–Crippen LogP) is 9.99.